The van der Waals surface area contributed by atoms with Gasteiger partial charge in [0.25, 0.3) is 0 Å². The standard InChI is InChI=1S/C19H21NO2/c1-12(17-15(21)11-14-18(17)19(14,2)3)20-16(22)10-9-13-7-5-4-6-8-13/h4-10,14,18H,11H2,1-3H3,(H,20,22)/b10-9+,17-12+/t14-,18+/m0/s1. The van der Waals surface area contributed by atoms with E-state index < -0.39 is 0 Å². The molecule has 22 heavy (non-hydrogen) atoms. The molecule has 0 heterocycles. The summed E-state index contributed by atoms with van der Waals surface area (Å²) in [5.41, 5.74) is 2.72. The molecule has 0 bridgehead atoms. The number of Topliss-reactive ketones (excluding diaryl/α,β-unsaturated/α-hetero) is 1. The van der Waals surface area contributed by atoms with Crippen LogP contribution >= 0.6 is 0 Å². The molecule has 3 heteroatoms. The number of nitrogens with one attached hydrogen (secondary N) is 1. The Morgan fingerprint density at radius 2 is 1.95 bits per heavy atom. The highest BCUT2D eigenvalue weighted by molar-refractivity contribution is 6.02. The van der Waals surface area contributed by atoms with Crippen LogP contribution in [0, 0.1) is 17.3 Å². The quantitative estimate of drug-likeness (QED) is 0.869. The summed E-state index contributed by atoms with van der Waals surface area (Å²) >= 11 is 0. The lowest BCUT2D eigenvalue weighted by Crippen LogP contribution is -2.23. The van der Waals surface area contributed by atoms with E-state index in [0.29, 0.717) is 24.0 Å². The van der Waals surface area contributed by atoms with E-state index in [4.69, 9.17) is 0 Å². The Kier molecular flexibility index (Phi) is 3.51. The number of rotatable bonds is 3. The number of ketones is 1. The normalized spacial score (nSPS) is 27.7. The lowest BCUT2D eigenvalue weighted by Gasteiger charge is -2.13. The molecule has 0 spiro atoms. The molecule has 1 aromatic rings. The van der Waals surface area contributed by atoms with Crippen LogP contribution in [-0.2, 0) is 9.59 Å². The van der Waals surface area contributed by atoms with Crippen LogP contribution in [-0.4, -0.2) is 11.7 Å². The van der Waals surface area contributed by atoms with Crippen molar-refractivity contribution in [3.63, 3.8) is 0 Å². The van der Waals surface area contributed by atoms with Gasteiger partial charge in [0.1, 0.15) is 0 Å². The third-order valence-electron chi connectivity index (χ3n) is 5.01. The maximum Gasteiger partial charge on any atom is 0.248 e. The Bertz CT molecular complexity index is 683. The van der Waals surface area contributed by atoms with Gasteiger partial charge in [0, 0.05) is 23.8 Å². The van der Waals surface area contributed by atoms with Gasteiger partial charge in [-0.3, -0.25) is 9.59 Å². The van der Waals surface area contributed by atoms with Crippen molar-refractivity contribution in [2.45, 2.75) is 27.2 Å². The molecule has 3 rings (SSSR count). The highest BCUT2D eigenvalue weighted by atomic mass is 16.1. The first-order chi connectivity index (χ1) is 10.4. The molecule has 2 aliphatic rings. The molecular formula is C19H21NO2. The average molecular weight is 295 g/mol. The Morgan fingerprint density at radius 1 is 1.27 bits per heavy atom. The van der Waals surface area contributed by atoms with Gasteiger partial charge in [-0.1, -0.05) is 44.2 Å². The first kappa shape index (κ1) is 14.8. The zero-order valence-corrected chi connectivity index (χ0v) is 13.2. The van der Waals surface area contributed by atoms with Crippen molar-refractivity contribution in [1.82, 2.24) is 5.32 Å². The zero-order chi connectivity index (χ0) is 15.9. The first-order valence-corrected chi connectivity index (χ1v) is 7.69. The fourth-order valence-electron chi connectivity index (χ4n) is 3.65. The maximum atomic E-state index is 12.1. The third kappa shape index (κ3) is 2.52. The van der Waals surface area contributed by atoms with E-state index in [1.165, 1.54) is 6.08 Å². The lowest BCUT2D eigenvalue weighted by atomic mass is 9.95. The fraction of sp³-hybridized carbons (Fsp3) is 0.368. The van der Waals surface area contributed by atoms with Crippen molar-refractivity contribution in [2.75, 3.05) is 0 Å². The summed E-state index contributed by atoms with van der Waals surface area (Å²) in [6, 6.07) is 9.67. The maximum absolute atomic E-state index is 12.1. The first-order valence-electron chi connectivity index (χ1n) is 7.69. The summed E-state index contributed by atoms with van der Waals surface area (Å²) in [7, 11) is 0. The molecule has 2 fully saturated rings. The molecule has 1 amide bonds. The summed E-state index contributed by atoms with van der Waals surface area (Å²) in [5, 5.41) is 2.85. The highest BCUT2D eigenvalue weighted by Gasteiger charge is 2.65. The van der Waals surface area contributed by atoms with E-state index in [0.717, 1.165) is 11.1 Å². The monoisotopic (exact) mass is 295 g/mol. The molecule has 1 N–H and O–H groups in total. The molecule has 114 valence electrons. The Morgan fingerprint density at radius 3 is 2.59 bits per heavy atom. The van der Waals surface area contributed by atoms with E-state index in [-0.39, 0.29) is 17.1 Å². The summed E-state index contributed by atoms with van der Waals surface area (Å²) in [5.74, 6) is 0.780. The molecule has 2 saturated carbocycles. The average Bonchev–Trinajstić information content (AvgIpc) is 2.84. The molecule has 2 aliphatic carbocycles. The van der Waals surface area contributed by atoms with Crippen LogP contribution in [0.3, 0.4) is 0 Å². The smallest absolute Gasteiger partial charge is 0.248 e. The fourth-order valence-corrected chi connectivity index (χ4v) is 3.65. The number of hydrogen-bond acceptors (Lipinski definition) is 2. The molecule has 0 aliphatic heterocycles. The van der Waals surface area contributed by atoms with E-state index in [9.17, 15) is 9.59 Å². The molecule has 0 saturated heterocycles. The molecule has 3 nitrogen and oxygen atoms in total. The van der Waals surface area contributed by atoms with Crippen molar-refractivity contribution in [3.8, 4) is 0 Å². The van der Waals surface area contributed by atoms with E-state index in [2.05, 4.69) is 19.2 Å². The van der Waals surface area contributed by atoms with Gasteiger partial charge in [0.2, 0.25) is 5.91 Å². The number of allylic oxidation sites excluding steroid dienone is 2. The summed E-state index contributed by atoms with van der Waals surface area (Å²) in [4.78, 5) is 24.1. The summed E-state index contributed by atoms with van der Waals surface area (Å²) < 4.78 is 0. The Hall–Kier alpha value is -2.16. The topological polar surface area (TPSA) is 46.2 Å². The molecular weight excluding hydrogens is 274 g/mol. The second-order valence-corrected chi connectivity index (χ2v) is 6.80. The van der Waals surface area contributed by atoms with E-state index in [1.807, 2.05) is 37.3 Å². The highest BCUT2D eigenvalue weighted by Crippen LogP contribution is 2.68. The SMILES string of the molecule is C/C(NC(=O)/C=C/c1ccccc1)=C1/C(=O)C[C@H]2[C@H]1C2(C)C. The minimum Gasteiger partial charge on any atom is -0.326 e. The number of benzene rings is 1. The lowest BCUT2D eigenvalue weighted by molar-refractivity contribution is -0.115. The van der Waals surface area contributed by atoms with Crippen LogP contribution in [0.2, 0.25) is 0 Å². The predicted molar refractivity (Wildman–Crippen MR) is 86.7 cm³/mol. The molecule has 1 aromatic carbocycles. The Labute approximate surface area is 131 Å². The van der Waals surface area contributed by atoms with Gasteiger partial charge in [0.15, 0.2) is 5.78 Å². The van der Waals surface area contributed by atoms with Crippen LogP contribution in [0.5, 0.6) is 0 Å². The van der Waals surface area contributed by atoms with Crippen LogP contribution in [0.1, 0.15) is 32.8 Å². The van der Waals surface area contributed by atoms with Crippen LogP contribution < -0.4 is 5.32 Å². The van der Waals surface area contributed by atoms with Crippen LogP contribution in [0.15, 0.2) is 47.7 Å². The minimum atomic E-state index is -0.191. The second kappa shape index (κ2) is 5.24. The minimum absolute atomic E-state index is 0.191. The van der Waals surface area contributed by atoms with Crippen molar-refractivity contribution in [3.05, 3.63) is 53.2 Å². The molecule has 0 radical (unpaired) electrons. The summed E-state index contributed by atoms with van der Waals surface area (Å²) in [6.07, 6.45) is 3.90. The van der Waals surface area contributed by atoms with Gasteiger partial charge < -0.3 is 5.32 Å². The second-order valence-electron chi connectivity index (χ2n) is 6.80. The van der Waals surface area contributed by atoms with Gasteiger partial charge in [-0.2, -0.15) is 0 Å². The third-order valence-corrected chi connectivity index (χ3v) is 5.01. The van der Waals surface area contributed by atoms with E-state index in [1.54, 1.807) is 6.08 Å². The van der Waals surface area contributed by atoms with Gasteiger partial charge in [-0.15, -0.1) is 0 Å². The van der Waals surface area contributed by atoms with Crippen molar-refractivity contribution in [2.24, 2.45) is 17.3 Å². The van der Waals surface area contributed by atoms with Gasteiger partial charge in [-0.05, 0) is 35.8 Å². The van der Waals surface area contributed by atoms with Gasteiger partial charge >= 0.3 is 0 Å². The predicted octanol–water partition coefficient (Wildman–Crippen LogP) is 3.34. The number of amides is 1. The zero-order valence-electron chi connectivity index (χ0n) is 13.2. The molecule has 2 atom stereocenters. The van der Waals surface area contributed by atoms with Crippen molar-refractivity contribution >= 4 is 17.8 Å². The molecule has 0 unspecified atom stereocenters. The Balaban J connectivity index is 1.70. The number of carbonyl (C=O) groups excluding carboxylic acids is 2. The number of carbonyl (C=O) groups is 2. The van der Waals surface area contributed by atoms with Crippen LogP contribution in [0.25, 0.3) is 6.08 Å². The van der Waals surface area contributed by atoms with Crippen molar-refractivity contribution < 1.29 is 9.59 Å². The molecule has 0 aromatic heterocycles. The number of fused-ring (bicyclic) bond motifs is 1. The largest absolute Gasteiger partial charge is 0.326 e. The summed E-state index contributed by atoms with van der Waals surface area (Å²) in [6.45, 7) is 6.22. The number of hydrogen-bond donors (Lipinski definition) is 1. The van der Waals surface area contributed by atoms with Crippen LogP contribution in [0.4, 0.5) is 0 Å². The van der Waals surface area contributed by atoms with Gasteiger partial charge in [0.05, 0.1) is 0 Å². The van der Waals surface area contributed by atoms with Crippen molar-refractivity contribution in [1.29, 1.82) is 0 Å². The van der Waals surface area contributed by atoms with Gasteiger partial charge in [-0.25, -0.2) is 0 Å². The van der Waals surface area contributed by atoms with E-state index >= 15 is 0 Å².